The van der Waals surface area contributed by atoms with Crippen LogP contribution in [0.1, 0.15) is 52.4 Å². The van der Waals surface area contributed by atoms with Crippen molar-refractivity contribution in [2.75, 3.05) is 39.6 Å². The maximum atomic E-state index is 6.17. The number of benzene rings is 2. The Bertz CT molecular complexity index is 1030. The highest BCUT2D eigenvalue weighted by Gasteiger charge is 2.25. The number of rotatable bonds is 16. The standard InChI is InChI=1S/C28H36O6S/c1-3-5-7-9-29-25-13-27-21(11-23(25)33-17-19-15-31-19)22-12-24(34-18-20-16-32-20)26(14-28(22)35-27)30-10-8-6-4-2/h11-14,19-20H,3-10,15-18H2,1-2H3. The lowest BCUT2D eigenvalue weighted by Crippen LogP contribution is -2.06. The Kier molecular flexibility index (Phi) is 8.16. The second-order valence-electron chi connectivity index (χ2n) is 9.34. The SMILES string of the molecule is CCCCCOc1cc2sc3cc(OCCCCC)c(OCC4CO4)cc3c2cc1OCC1CO1. The molecule has 0 amide bonds. The fourth-order valence-corrected chi connectivity index (χ4v) is 5.13. The molecule has 3 aromatic rings. The number of hydrogen-bond donors (Lipinski definition) is 0. The van der Waals surface area contributed by atoms with Crippen LogP contribution in [0.25, 0.3) is 20.2 Å². The van der Waals surface area contributed by atoms with E-state index < -0.39 is 0 Å². The van der Waals surface area contributed by atoms with Gasteiger partial charge in [0.2, 0.25) is 0 Å². The molecule has 3 heterocycles. The molecule has 35 heavy (non-hydrogen) atoms. The zero-order chi connectivity index (χ0) is 24.0. The molecule has 0 N–H and O–H groups in total. The summed E-state index contributed by atoms with van der Waals surface area (Å²) in [5.74, 6) is 3.16. The number of unbranched alkanes of at least 4 members (excludes halogenated alkanes) is 4. The van der Waals surface area contributed by atoms with Gasteiger partial charge in [0.25, 0.3) is 0 Å². The Morgan fingerprint density at radius 2 is 1.09 bits per heavy atom. The van der Waals surface area contributed by atoms with E-state index in [1.807, 2.05) is 0 Å². The van der Waals surface area contributed by atoms with Gasteiger partial charge in [0, 0.05) is 32.3 Å². The van der Waals surface area contributed by atoms with E-state index in [0.717, 1.165) is 72.7 Å². The Labute approximate surface area is 211 Å². The molecule has 6 nitrogen and oxygen atoms in total. The summed E-state index contributed by atoms with van der Waals surface area (Å²) in [4.78, 5) is 0. The Morgan fingerprint density at radius 1 is 0.657 bits per heavy atom. The highest BCUT2D eigenvalue weighted by molar-refractivity contribution is 7.25. The number of fused-ring (bicyclic) bond motifs is 3. The van der Waals surface area contributed by atoms with E-state index in [9.17, 15) is 0 Å². The van der Waals surface area contributed by atoms with Crippen molar-refractivity contribution in [3.05, 3.63) is 24.3 Å². The normalized spacial score (nSPS) is 18.7. The average Bonchev–Trinajstić information content (AvgIpc) is 3.79. The van der Waals surface area contributed by atoms with Gasteiger partial charge in [-0.25, -0.2) is 0 Å². The van der Waals surface area contributed by atoms with Crippen LogP contribution in [0.3, 0.4) is 0 Å². The first kappa shape index (κ1) is 24.5. The molecule has 2 aliphatic heterocycles. The van der Waals surface area contributed by atoms with Gasteiger partial charge in [-0.15, -0.1) is 11.3 Å². The second-order valence-corrected chi connectivity index (χ2v) is 10.4. The van der Waals surface area contributed by atoms with Crippen LogP contribution in [-0.2, 0) is 9.47 Å². The van der Waals surface area contributed by atoms with Crippen molar-refractivity contribution < 1.29 is 28.4 Å². The van der Waals surface area contributed by atoms with Crippen LogP contribution < -0.4 is 18.9 Å². The van der Waals surface area contributed by atoms with Gasteiger partial charge >= 0.3 is 0 Å². The van der Waals surface area contributed by atoms with E-state index in [1.54, 1.807) is 11.3 Å². The Morgan fingerprint density at radius 3 is 1.49 bits per heavy atom. The van der Waals surface area contributed by atoms with Crippen LogP contribution in [0.15, 0.2) is 24.3 Å². The maximum Gasteiger partial charge on any atom is 0.162 e. The molecular weight excluding hydrogens is 464 g/mol. The van der Waals surface area contributed by atoms with E-state index in [0.29, 0.717) is 26.4 Å². The highest BCUT2D eigenvalue weighted by Crippen LogP contribution is 2.45. The molecule has 0 bridgehead atoms. The lowest BCUT2D eigenvalue weighted by molar-refractivity contribution is 0.239. The van der Waals surface area contributed by atoms with Gasteiger partial charge in [0.05, 0.1) is 26.4 Å². The molecule has 5 rings (SSSR count). The van der Waals surface area contributed by atoms with Crippen LogP contribution in [0.2, 0.25) is 0 Å². The molecule has 190 valence electrons. The second kappa shape index (κ2) is 11.7. The minimum atomic E-state index is 0.190. The summed E-state index contributed by atoms with van der Waals surface area (Å²) in [7, 11) is 0. The van der Waals surface area contributed by atoms with Crippen molar-refractivity contribution in [1.82, 2.24) is 0 Å². The first-order valence-corrected chi connectivity index (χ1v) is 13.9. The van der Waals surface area contributed by atoms with Crippen LogP contribution in [0.4, 0.5) is 0 Å². The fraction of sp³-hybridized carbons (Fsp3) is 0.571. The van der Waals surface area contributed by atoms with Crippen molar-refractivity contribution in [2.45, 2.75) is 64.6 Å². The first-order valence-electron chi connectivity index (χ1n) is 13.0. The van der Waals surface area contributed by atoms with E-state index >= 15 is 0 Å². The summed E-state index contributed by atoms with van der Waals surface area (Å²) < 4.78 is 37.7. The third-order valence-electron chi connectivity index (χ3n) is 6.27. The predicted molar refractivity (Wildman–Crippen MR) is 140 cm³/mol. The molecule has 0 radical (unpaired) electrons. The largest absolute Gasteiger partial charge is 0.490 e. The molecule has 0 aliphatic carbocycles. The summed E-state index contributed by atoms with van der Waals surface area (Å²) in [6, 6.07) is 8.47. The van der Waals surface area contributed by atoms with Crippen molar-refractivity contribution in [1.29, 1.82) is 0 Å². The van der Waals surface area contributed by atoms with Gasteiger partial charge in [-0.05, 0) is 25.0 Å². The summed E-state index contributed by atoms with van der Waals surface area (Å²) in [5.41, 5.74) is 0. The Balaban J connectivity index is 1.45. The molecular formula is C28H36O6S. The molecule has 2 unspecified atom stereocenters. The molecule has 7 heteroatoms. The van der Waals surface area contributed by atoms with Crippen molar-refractivity contribution in [3.8, 4) is 23.0 Å². The third-order valence-corrected chi connectivity index (χ3v) is 7.38. The number of hydrogen-bond acceptors (Lipinski definition) is 7. The zero-order valence-electron chi connectivity index (χ0n) is 20.8. The van der Waals surface area contributed by atoms with Crippen LogP contribution in [0, 0.1) is 0 Å². The molecule has 1 aromatic heterocycles. The number of thiophene rings is 1. The van der Waals surface area contributed by atoms with Gasteiger partial charge in [-0.3, -0.25) is 0 Å². The molecule has 0 spiro atoms. The van der Waals surface area contributed by atoms with Crippen LogP contribution >= 0.6 is 11.3 Å². The Hall–Kier alpha value is -2.22. The minimum Gasteiger partial charge on any atom is -0.490 e. The number of epoxide rings is 2. The molecule has 2 saturated heterocycles. The predicted octanol–water partition coefficient (Wildman–Crippen LogP) is 6.75. The van der Waals surface area contributed by atoms with Gasteiger partial charge < -0.3 is 28.4 Å². The van der Waals surface area contributed by atoms with Crippen molar-refractivity contribution in [2.24, 2.45) is 0 Å². The molecule has 2 aliphatic rings. The summed E-state index contributed by atoms with van der Waals surface area (Å²) in [5, 5.41) is 2.28. The van der Waals surface area contributed by atoms with E-state index in [-0.39, 0.29) is 12.2 Å². The fourth-order valence-electron chi connectivity index (χ4n) is 4.00. The van der Waals surface area contributed by atoms with Crippen molar-refractivity contribution >= 4 is 31.5 Å². The van der Waals surface area contributed by atoms with Crippen molar-refractivity contribution in [3.63, 3.8) is 0 Å². The molecule has 2 atom stereocenters. The van der Waals surface area contributed by atoms with Crippen LogP contribution in [0.5, 0.6) is 23.0 Å². The zero-order valence-corrected chi connectivity index (χ0v) is 21.6. The quantitative estimate of drug-likeness (QED) is 0.160. The van der Waals surface area contributed by atoms with E-state index in [1.165, 1.54) is 22.2 Å². The first-order chi connectivity index (χ1) is 17.2. The highest BCUT2D eigenvalue weighted by atomic mass is 32.1. The lowest BCUT2D eigenvalue weighted by Gasteiger charge is -2.14. The maximum absolute atomic E-state index is 6.17. The monoisotopic (exact) mass is 500 g/mol. The molecule has 2 fully saturated rings. The van der Waals surface area contributed by atoms with Gasteiger partial charge in [0.1, 0.15) is 25.4 Å². The smallest absolute Gasteiger partial charge is 0.162 e. The third kappa shape index (κ3) is 6.51. The van der Waals surface area contributed by atoms with Gasteiger partial charge in [-0.2, -0.15) is 0 Å². The van der Waals surface area contributed by atoms with Gasteiger partial charge in [0.15, 0.2) is 23.0 Å². The molecule has 0 saturated carbocycles. The van der Waals surface area contributed by atoms with E-state index in [4.69, 9.17) is 28.4 Å². The summed E-state index contributed by atoms with van der Waals surface area (Å²) in [6.07, 6.45) is 7.11. The lowest BCUT2D eigenvalue weighted by atomic mass is 10.1. The topological polar surface area (TPSA) is 62.0 Å². The average molecular weight is 501 g/mol. The number of ether oxygens (including phenoxy) is 6. The van der Waals surface area contributed by atoms with Gasteiger partial charge in [-0.1, -0.05) is 39.5 Å². The van der Waals surface area contributed by atoms with Crippen LogP contribution in [-0.4, -0.2) is 51.8 Å². The minimum absolute atomic E-state index is 0.190. The van der Waals surface area contributed by atoms with E-state index in [2.05, 4.69) is 38.1 Å². The summed E-state index contributed by atoms with van der Waals surface area (Å²) in [6.45, 7) is 8.41. The summed E-state index contributed by atoms with van der Waals surface area (Å²) >= 11 is 1.75. The molecule has 2 aromatic carbocycles.